The molecule has 0 bridgehead atoms. The summed E-state index contributed by atoms with van der Waals surface area (Å²) in [6.45, 7) is 13.0. The summed E-state index contributed by atoms with van der Waals surface area (Å²) in [6, 6.07) is 0. The Labute approximate surface area is 192 Å². The highest BCUT2D eigenvalue weighted by Gasteiger charge is 2.27. The molecule has 0 aromatic rings. The number of ether oxygens (including phenoxy) is 2. The monoisotopic (exact) mass is 526 g/mol. The van der Waals surface area contributed by atoms with Crippen molar-refractivity contribution < 1.29 is 19.1 Å². The number of halogens is 1. The number of methoxy groups -OCH3 is 1. The molecule has 1 rings (SSSR count). The molecule has 0 saturated carbocycles. The van der Waals surface area contributed by atoms with Crippen LogP contribution in [0.5, 0.6) is 0 Å². The first-order valence-corrected chi connectivity index (χ1v) is 10.1. The molecule has 1 atom stereocenters. The van der Waals surface area contributed by atoms with Gasteiger partial charge < -0.3 is 24.6 Å². The number of aliphatic imine (C=N–C) groups is 1. The van der Waals surface area contributed by atoms with Gasteiger partial charge in [0.15, 0.2) is 5.96 Å². The maximum atomic E-state index is 12.3. The van der Waals surface area contributed by atoms with Gasteiger partial charge in [-0.3, -0.25) is 9.79 Å². The molecule has 0 aromatic heterocycles. The summed E-state index contributed by atoms with van der Waals surface area (Å²) in [5.41, 5.74) is -0.479. The lowest BCUT2D eigenvalue weighted by molar-refractivity contribution is -0.144. The normalized spacial score (nSPS) is 16.5. The van der Waals surface area contributed by atoms with E-state index in [1.54, 1.807) is 11.9 Å². The molecule has 9 heteroatoms. The molecule has 0 aliphatic carbocycles. The van der Waals surface area contributed by atoms with E-state index in [-0.39, 0.29) is 42.0 Å². The number of rotatable bonds is 6. The highest BCUT2D eigenvalue weighted by Crippen LogP contribution is 2.20. The van der Waals surface area contributed by atoms with Crippen molar-refractivity contribution in [3.8, 4) is 0 Å². The maximum Gasteiger partial charge on any atom is 0.410 e. The third-order valence-corrected chi connectivity index (χ3v) is 4.81. The largest absolute Gasteiger partial charge is 0.469 e. The van der Waals surface area contributed by atoms with Crippen LogP contribution in [0.15, 0.2) is 4.99 Å². The number of guanidine groups is 1. The molecule has 1 unspecified atom stereocenters. The molecule has 1 N–H and O–H groups in total. The van der Waals surface area contributed by atoms with Gasteiger partial charge in [0, 0.05) is 39.8 Å². The van der Waals surface area contributed by atoms with Gasteiger partial charge in [-0.15, -0.1) is 24.0 Å². The quantitative estimate of drug-likeness (QED) is 0.248. The second-order valence-corrected chi connectivity index (χ2v) is 8.30. The zero-order valence-corrected chi connectivity index (χ0v) is 21.3. The second kappa shape index (κ2) is 13.1. The number of esters is 1. The van der Waals surface area contributed by atoms with Gasteiger partial charge in [0.2, 0.25) is 0 Å². The molecular formula is C20H39IN4O4. The lowest BCUT2D eigenvalue weighted by atomic mass is 9.96. The minimum Gasteiger partial charge on any atom is -0.469 e. The van der Waals surface area contributed by atoms with E-state index < -0.39 is 5.60 Å². The summed E-state index contributed by atoms with van der Waals surface area (Å²) < 4.78 is 10.3. The van der Waals surface area contributed by atoms with Crippen LogP contribution in [0.2, 0.25) is 0 Å². The summed E-state index contributed by atoms with van der Waals surface area (Å²) in [7, 11) is 3.15. The Balaban J connectivity index is 0.00000784. The van der Waals surface area contributed by atoms with Crippen molar-refractivity contribution in [2.45, 2.75) is 53.1 Å². The Morgan fingerprint density at radius 1 is 1.28 bits per heavy atom. The fraction of sp³-hybridized carbons (Fsp3) is 0.850. The van der Waals surface area contributed by atoms with Crippen LogP contribution in [0.4, 0.5) is 4.79 Å². The van der Waals surface area contributed by atoms with Crippen LogP contribution in [0.1, 0.15) is 47.5 Å². The van der Waals surface area contributed by atoms with E-state index in [1.165, 1.54) is 7.11 Å². The molecule has 1 heterocycles. The molecule has 1 amide bonds. The minimum atomic E-state index is -0.479. The van der Waals surface area contributed by atoms with E-state index in [0.717, 1.165) is 31.9 Å². The first kappa shape index (κ1) is 27.7. The van der Waals surface area contributed by atoms with Crippen LogP contribution in [-0.2, 0) is 14.3 Å². The van der Waals surface area contributed by atoms with Crippen molar-refractivity contribution >= 4 is 42.0 Å². The van der Waals surface area contributed by atoms with Gasteiger partial charge in [0.1, 0.15) is 5.60 Å². The smallest absolute Gasteiger partial charge is 0.410 e. The fourth-order valence-corrected chi connectivity index (χ4v) is 3.16. The molecule has 0 spiro atoms. The minimum absolute atomic E-state index is 0. The number of nitrogens with one attached hydrogen (secondary N) is 1. The zero-order chi connectivity index (χ0) is 21.3. The number of nitrogens with zero attached hydrogens (tertiary/aromatic N) is 3. The molecule has 29 heavy (non-hydrogen) atoms. The van der Waals surface area contributed by atoms with Crippen molar-refractivity contribution in [1.29, 1.82) is 0 Å². The molecule has 1 aliphatic heterocycles. The van der Waals surface area contributed by atoms with Gasteiger partial charge in [0.25, 0.3) is 0 Å². The third-order valence-electron chi connectivity index (χ3n) is 4.81. The van der Waals surface area contributed by atoms with Crippen molar-refractivity contribution in [1.82, 2.24) is 15.1 Å². The van der Waals surface area contributed by atoms with Crippen molar-refractivity contribution in [2.75, 3.05) is 46.9 Å². The standard InChI is InChI=1S/C20H38N4O4.HI/c1-8-23(19(26)28-20(3,4)5)14-16-9-11-24(12-10-16)18(21-6)22-13-15(2)17(25)27-7;/h15-16H,8-14H2,1-7H3,(H,21,22);1H. The number of likely N-dealkylation sites (tertiary alicyclic amines) is 1. The molecule has 1 fully saturated rings. The van der Waals surface area contributed by atoms with Gasteiger partial charge in [0.05, 0.1) is 13.0 Å². The van der Waals surface area contributed by atoms with E-state index in [0.29, 0.717) is 25.6 Å². The summed E-state index contributed by atoms with van der Waals surface area (Å²) in [5, 5.41) is 3.26. The molecule has 170 valence electrons. The Bertz CT molecular complexity index is 543. The number of hydrogen-bond donors (Lipinski definition) is 1. The van der Waals surface area contributed by atoms with Crippen LogP contribution in [0.25, 0.3) is 0 Å². The predicted molar refractivity (Wildman–Crippen MR) is 126 cm³/mol. The maximum absolute atomic E-state index is 12.3. The Hall–Kier alpha value is -1.26. The molecule has 8 nitrogen and oxygen atoms in total. The topological polar surface area (TPSA) is 83.5 Å². The van der Waals surface area contributed by atoms with Crippen LogP contribution in [0, 0.1) is 11.8 Å². The van der Waals surface area contributed by atoms with Crippen LogP contribution < -0.4 is 5.32 Å². The van der Waals surface area contributed by atoms with E-state index in [4.69, 9.17) is 9.47 Å². The average molecular weight is 526 g/mol. The molecule has 1 saturated heterocycles. The van der Waals surface area contributed by atoms with E-state index in [2.05, 4.69) is 15.2 Å². The lowest BCUT2D eigenvalue weighted by Gasteiger charge is -2.36. The van der Waals surface area contributed by atoms with Crippen molar-refractivity contribution in [3.05, 3.63) is 0 Å². The van der Waals surface area contributed by atoms with E-state index >= 15 is 0 Å². The average Bonchev–Trinajstić information content (AvgIpc) is 2.65. The number of amides is 1. The number of piperidine rings is 1. The lowest BCUT2D eigenvalue weighted by Crippen LogP contribution is -2.48. The second-order valence-electron chi connectivity index (χ2n) is 8.30. The van der Waals surface area contributed by atoms with Crippen LogP contribution >= 0.6 is 24.0 Å². The molecular weight excluding hydrogens is 487 g/mol. The number of carbonyl (C=O) groups is 2. The predicted octanol–water partition coefficient (Wildman–Crippen LogP) is 2.96. The number of hydrogen-bond acceptors (Lipinski definition) is 5. The SMILES string of the molecule is CCN(CC1CCN(C(=NC)NCC(C)C(=O)OC)CC1)C(=O)OC(C)(C)C.I. The zero-order valence-electron chi connectivity index (χ0n) is 19.0. The Morgan fingerprint density at radius 3 is 2.31 bits per heavy atom. The van der Waals surface area contributed by atoms with Crippen LogP contribution in [-0.4, -0.2) is 80.3 Å². The molecule has 0 radical (unpaired) electrons. The fourth-order valence-electron chi connectivity index (χ4n) is 3.16. The highest BCUT2D eigenvalue weighted by molar-refractivity contribution is 14.0. The summed E-state index contributed by atoms with van der Waals surface area (Å²) >= 11 is 0. The van der Waals surface area contributed by atoms with Gasteiger partial charge in [-0.2, -0.15) is 0 Å². The number of carbonyl (C=O) groups excluding carboxylic acids is 2. The summed E-state index contributed by atoms with van der Waals surface area (Å²) in [6.07, 6.45) is 1.71. The summed E-state index contributed by atoms with van der Waals surface area (Å²) in [4.78, 5) is 32.2. The Morgan fingerprint density at radius 2 is 1.86 bits per heavy atom. The van der Waals surface area contributed by atoms with Gasteiger partial charge in [-0.1, -0.05) is 6.92 Å². The van der Waals surface area contributed by atoms with Gasteiger partial charge >= 0.3 is 12.1 Å². The highest BCUT2D eigenvalue weighted by atomic mass is 127. The first-order chi connectivity index (χ1) is 13.1. The van der Waals surface area contributed by atoms with Gasteiger partial charge in [-0.05, 0) is 46.5 Å². The third kappa shape index (κ3) is 9.86. The first-order valence-electron chi connectivity index (χ1n) is 10.1. The molecule has 0 aromatic carbocycles. The van der Waals surface area contributed by atoms with E-state index in [9.17, 15) is 9.59 Å². The van der Waals surface area contributed by atoms with E-state index in [1.807, 2.05) is 34.6 Å². The van der Waals surface area contributed by atoms with Crippen LogP contribution in [0.3, 0.4) is 0 Å². The van der Waals surface area contributed by atoms with Gasteiger partial charge in [-0.25, -0.2) is 4.79 Å². The Kier molecular flexibility index (Phi) is 12.6. The summed E-state index contributed by atoms with van der Waals surface area (Å²) in [5.74, 6) is 0.777. The molecule has 1 aliphatic rings. The van der Waals surface area contributed by atoms with Crippen molar-refractivity contribution in [2.24, 2.45) is 16.8 Å². The van der Waals surface area contributed by atoms with Crippen molar-refractivity contribution in [3.63, 3.8) is 0 Å².